The Morgan fingerprint density at radius 1 is 0.417 bits per heavy atom. The van der Waals surface area contributed by atoms with Gasteiger partial charge >= 0.3 is 0 Å². The van der Waals surface area contributed by atoms with Gasteiger partial charge in [-0.3, -0.25) is 4.98 Å². The van der Waals surface area contributed by atoms with Crippen LogP contribution in [0.15, 0.2) is 140 Å². The van der Waals surface area contributed by atoms with Crippen molar-refractivity contribution in [2.45, 2.75) is 26.7 Å². The third-order valence-corrected chi connectivity index (χ3v) is 8.79. The highest BCUT2D eigenvalue weighted by Gasteiger charge is 2.15. The minimum absolute atomic E-state index is 0.332. The lowest BCUT2D eigenvalue weighted by molar-refractivity contribution is 0.830. The molecule has 5 aromatic carbocycles. The molecule has 0 aliphatic rings. The Bertz CT molecular complexity index is 2420. The minimum Gasteiger partial charge on any atom is -0.250 e. The lowest BCUT2D eigenvalue weighted by Crippen LogP contribution is -2.00. The van der Waals surface area contributed by atoms with Crippen LogP contribution in [0.25, 0.3) is 78.4 Å². The number of pyridine rings is 2. The van der Waals surface area contributed by atoms with Gasteiger partial charge in [0.1, 0.15) is 0 Å². The number of aryl methyl sites for hydroxylation is 1. The molecular weight excluding hydrogens is 587 g/mol. The van der Waals surface area contributed by atoms with Crippen LogP contribution in [0.4, 0.5) is 0 Å². The minimum atomic E-state index is 0.332. The summed E-state index contributed by atoms with van der Waals surface area (Å²) in [6.45, 7) is 6.48. The summed E-state index contributed by atoms with van der Waals surface area (Å²) in [4.78, 5) is 25.2. The molecule has 0 N–H and O–H groups in total. The molecular formula is C43H33N5. The highest BCUT2D eigenvalue weighted by Crippen LogP contribution is 2.32. The van der Waals surface area contributed by atoms with Crippen molar-refractivity contribution >= 4 is 21.8 Å². The first-order valence-corrected chi connectivity index (χ1v) is 16.3. The lowest BCUT2D eigenvalue weighted by atomic mass is 10.0. The Balaban J connectivity index is 1.24. The van der Waals surface area contributed by atoms with Crippen molar-refractivity contribution in [3.05, 3.63) is 151 Å². The van der Waals surface area contributed by atoms with E-state index < -0.39 is 0 Å². The lowest BCUT2D eigenvalue weighted by Gasteiger charge is -2.12. The summed E-state index contributed by atoms with van der Waals surface area (Å²) < 4.78 is 0. The quantitative estimate of drug-likeness (QED) is 0.173. The fourth-order valence-corrected chi connectivity index (χ4v) is 6.14. The van der Waals surface area contributed by atoms with Crippen molar-refractivity contribution in [3.8, 4) is 56.5 Å². The maximum absolute atomic E-state index is 5.22. The molecule has 3 heterocycles. The Morgan fingerprint density at radius 3 is 1.65 bits per heavy atom. The normalized spacial score (nSPS) is 11.4. The van der Waals surface area contributed by atoms with Gasteiger partial charge in [-0.05, 0) is 47.7 Å². The van der Waals surface area contributed by atoms with Gasteiger partial charge in [0, 0.05) is 38.7 Å². The van der Waals surface area contributed by atoms with E-state index in [0.29, 0.717) is 23.4 Å². The van der Waals surface area contributed by atoms with E-state index in [-0.39, 0.29) is 0 Å². The molecule has 5 heteroatoms. The first-order chi connectivity index (χ1) is 23.5. The Labute approximate surface area is 280 Å². The van der Waals surface area contributed by atoms with E-state index in [0.717, 1.165) is 66.6 Å². The largest absolute Gasteiger partial charge is 0.250 e. The third-order valence-electron chi connectivity index (χ3n) is 8.79. The first-order valence-electron chi connectivity index (χ1n) is 16.3. The van der Waals surface area contributed by atoms with Crippen LogP contribution in [-0.4, -0.2) is 24.9 Å². The summed E-state index contributed by atoms with van der Waals surface area (Å²) in [5.74, 6) is 2.20. The average molecular weight is 620 g/mol. The smallest absolute Gasteiger partial charge is 0.164 e. The maximum Gasteiger partial charge on any atom is 0.164 e. The van der Waals surface area contributed by atoms with Gasteiger partial charge in [0.25, 0.3) is 0 Å². The maximum atomic E-state index is 5.22. The SMILES string of the molecule is Cc1cc(-c2cccc(-c3nc(-c4ccccc4)nc(-c4ccc(-c5ccccc5)cc4)n3)c2)nc2c1ccc1ccc(C(C)C)nc12. The van der Waals surface area contributed by atoms with Crippen LogP contribution in [0, 0.1) is 6.92 Å². The molecule has 8 rings (SSSR count). The van der Waals surface area contributed by atoms with E-state index in [2.05, 4.69) is 118 Å². The van der Waals surface area contributed by atoms with Crippen LogP contribution < -0.4 is 0 Å². The summed E-state index contributed by atoms with van der Waals surface area (Å²) in [5.41, 5.74) is 11.0. The molecule has 48 heavy (non-hydrogen) atoms. The van der Waals surface area contributed by atoms with Gasteiger partial charge in [0.2, 0.25) is 0 Å². The fraction of sp³-hybridized carbons (Fsp3) is 0.0930. The molecule has 0 aliphatic heterocycles. The van der Waals surface area contributed by atoms with Gasteiger partial charge in [-0.2, -0.15) is 0 Å². The van der Waals surface area contributed by atoms with Crippen LogP contribution in [0.1, 0.15) is 31.0 Å². The molecule has 0 saturated carbocycles. The number of fused-ring (bicyclic) bond motifs is 3. The van der Waals surface area contributed by atoms with Gasteiger partial charge in [-0.15, -0.1) is 0 Å². The summed E-state index contributed by atoms with van der Waals surface area (Å²) in [7, 11) is 0. The van der Waals surface area contributed by atoms with Crippen molar-refractivity contribution in [2.75, 3.05) is 0 Å². The summed E-state index contributed by atoms with van der Waals surface area (Å²) in [6, 6.07) is 47.9. The number of hydrogen-bond donors (Lipinski definition) is 0. The van der Waals surface area contributed by atoms with E-state index in [9.17, 15) is 0 Å². The Hall–Kier alpha value is -6.07. The second kappa shape index (κ2) is 12.3. The van der Waals surface area contributed by atoms with Gasteiger partial charge in [0.15, 0.2) is 17.5 Å². The molecule has 0 fully saturated rings. The van der Waals surface area contributed by atoms with Crippen molar-refractivity contribution < 1.29 is 0 Å². The van der Waals surface area contributed by atoms with Crippen LogP contribution in [0.3, 0.4) is 0 Å². The van der Waals surface area contributed by atoms with Crippen molar-refractivity contribution in [2.24, 2.45) is 0 Å². The van der Waals surface area contributed by atoms with E-state index in [1.165, 1.54) is 5.56 Å². The molecule has 5 nitrogen and oxygen atoms in total. The van der Waals surface area contributed by atoms with Gasteiger partial charge in [-0.1, -0.05) is 135 Å². The van der Waals surface area contributed by atoms with Crippen LogP contribution >= 0.6 is 0 Å². The van der Waals surface area contributed by atoms with Crippen LogP contribution in [0.2, 0.25) is 0 Å². The molecule has 230 valence electrons. The van der Waals surface area contributed by atoms with E-state index >= 15 is 0 Å². The molecule has 0 saturated heterocycles. The average Bonchev–Trinajstić information content (AvgIpc) is 3.15. The fourth-order valence-electron chi connectivity index (χ4n) is 6.14. The zero-order valence-corrected chi connectivity index (χ0v) is 27.1. The zero-order chi connectivity index (χ0) is 32.6. The second-order valence-electron chi connectivity index (χ2n) is 12.4. The van der Waals surface area contributed by atoms with Crippen molar-refractivity contribution in [3.63, 3.8) is 0 Å². The van der Waals surface area contributed by atoms with Crippen LogP contribution in [-0.2, 0) is 0 Å². The molecule has 0 atom stereocenters. The topological polar surface area (TPSA) is 64.5 Å². The highest BCUT2D eigenvalue weighted by atomic mass is 15.0. The molecule has 0 unspecified atom stereocenters. The number of aromatic nitrogens is 5. The molecule has 8 aromatic rings. The van der Waals surface area contributed by atoms with Crippen molar-refractivity contribution in [1.29, 1.82) is 0 Å². The summed E-state index contributed by atoms with van der Waals surface area (Å²) >= 11 is 0. The van der Waals surface area contributed by atoms with Gasteiger partial charge in [-0.25, -0.2) is 19.9 Å². The molecule has 0 bridgehead atoms. The van der Waals surface area contributed by atoms with E-state index in [4.69, 9.17) is 24.9 Å². The summed E-state index contributed by atoms with van der Waals surface area (Å²) in [6.07, 6.45) is 0. The molecule has 0 radical (unpaired) electrons. The molecule has 0 spiro atoms. The second-order valence-corrected chi connectivity index (χ2v) is 12.4. The van der Waals surface area contributed by atoms with Gasteiger partial charge in [0.05, 0.1) is 16.7 Å². The number of hydrogen-bond acceptors (Lipinski definition) is 5. The zero-order valence-electron chi connectivity index (χ0n) is 27.1. The van der Waals surface area contributed by atoms with E-state index in [1.807, 2.05) is 42.5 Å². The number of nitrogens with zero attached hydrogens (tertiary/aromatic N) is 5. The Kier molecular flexibility index (Phi) is 7.50. The number of benzene rings is 5. The van der Waals surface area contributed by atoms with Crippen molar-refractivity contribution in [1.82, 2.24) is 24.9 Å². The van der Waals surface area contributed by atoms with E-state index in [1.54, 1.807) is 0 Å². The predicted molar refractivity (Wildman–Crippen MR) is 196 cm³/mol. The molecule has 3 aromatic heterocycles. The van der Waals surface area contributed by atoms with Crippen LogP contribution in [0.5, 0.6) is 0 Å². The van der Waals surface area contributed by atoms with Gasteiger partial charge < -0.3 is 0 Å². The predicted octanol–water partition coefficient (Wildman–Crippen LogP) is 10.7. The third kappa shape index (κ3) is 5.60. The highest BCUT2D eigenvalue weighted by molar-refractivity contribution is 6.04. The summed E-state index contributed by atoms with van der Waals surface area (Å²) in [5, 5.41) is 2.20. The molecule has 0 aliphatic carbocycles. The Morgan fingerprint density at radius 2 is 0.958 bits per heavy atom. The first kappa shape index (κ1) is 29.3. The standard InChI is InChI=1S/C43H33N5/c1-27(2)37-24-22-31-21-23-36-28(3)25-38(45-40(36)39(31)44-37)34-15-10-16-35(26-34)43-47-41(32-13-8-5-9-14-32)46-42(48-43)33-19-17-30(18-20-33)29-11-6-4-7-12-29/h4-27H,1-3H3. The molecule has 0 amide bonds. The number of rotatable bonds is 6. The monoisotopic (exact) mass is 619 g/mol.